The van der Waals surface area contributed by atoms with Crippen LogP contribution in [0.3, 0.4) is 0 Å². The van der Waals surface area contributed by atoms with E-state index < -0.39 is 34.3 Å². The minimum Gasteiger partial charge on any atom is -0.479 e. The predicted octanol–water partition coefficient (Wildman–Crippen LogP) is 3.50. The number of carbonyl (C=O) groups excluding carboxylic acids is 2. The van der Waals surface area contributed by atoms with Gasteiger partial charge in [0.25, 0.3) is 5.69 Å². The number of aliphatic carboxylic acids is 1. The van der Waals surface area contributed by atoms with Crippen molar-refractivity contribution in [2.24, 2.45) is 17.8 Å². The summed E-state index contributed by atoms with van der Waals surface area (Å²) in [5.74, 6) is -2.85. The maximum Gasteiger partial charge on any atom is 0.329 e. The van der Waals surface area contributed by atoms with Crippen LogP contribution in [0.5, 0.6) is 0 Å². The molecule has 4 unspecified atom stereocenters. The number of amides is 1. The van der Waals surface area contributed by atoms with Crippen LogP contribution in [0.25, 0.3) is 0 Å². The molecule has 30 heavy (non-hydrogen) atoms. The molecule has 1 aromatic carbocycles. The molecule has 0 aromatic heterocycles. The zero-order chi connectivity index (χ0) is 21.6. The highest BCUT2D eigenvalue weighted by atomic mass is 16.6. The number of benzene rings is 1. The standard InChI is InChI=1S/C22H26N2O6/c1-22(21(27)28)16-10-11-17(25)18(16)19(14-8-5-9-15(12-14)24(29)30)23(22)20(26)13-6-3-2-4-7-13/h5,8-9,12-13,16,18-19H,2-4,6-7,10-11H2,1H3,(H,27,28). The SMILES string of the molecule is CC1(C(=O)O)C2CCC(=O)C2C(c2cccc([N+](=O)[O-])c2)N1C(=O)C1CCCCC1. The summed E-state index contributed by atoms with van der Waals surface area (Å²) in [5.41, 5.74) is -1.19. The fourth-order valence-electron chi connectivity index (χ4n) is 5.88. The molecule has 8 nitrogen and oxygen atoms in total. The molecule has 8 heteroatoms. The summed E-state index contributed by atoms with van der Waals surface area (Å²) < 4.78 is 0. The molecule has 1 N–H and O–H groups in total. The Morgan fingerprint density at radius 1 is 1.20 bits per heavy atom. The molecular weight excluding hydrogens is 388 g/mol. The molecule has 3 fully saturated rings. The van der Waals surface area contributed by atoms with Crippen molar-refractivity contribution in [2.45, 2.75) is 63.5 Å². The zero-order valence-corrected chi connectivity index (χ0v) is 17.0. The quantitative estimate of drug-likeness (QED) is 0.595. The molecular formula is C22H26N2O6. The fraction of sp³-hybridized carbons (Fsp3) is 0.591. The molecule has 1 aromatic rings. The third kappa shape index (κ3) is 3.00. The van der Waals surface area contributed by atoms with E-state index in [2.05, 4.69) is 0 Å². The van der Waals surface area contributed by atoms with E-state index in [0.29, 0.717) is 24.8 Å². The molecule has 1 aliphatic heterocycles. The number of nitro groups is 1. The topological polar surface area (TPSA) is 118 Å². The highest BCUT2D eigenvalue weighted by Crippen LogP contribution is 2.57. The second-order valence-corrected chi connectivity index (χ2v) is 8.93. The van der Waals surface area contributed by atoms with Gasteiger partial charge in [0.15, 0.2) is 0 Å². The lowest BCUT2D eigenvalue weighted by Gasteiger charge is -2.40. The number of ketones is 1. The number of Topliss-reactive ketones (excluding diaryl/α,β-unsaturated/α-hetero) is 1. The lowest BCUT2D eigenvalue weighted by molar-refractivity contribution is -0.385. The van der Waals surface area contributed by atoms with E-state index in [1.807, 2.05) is 0 Å². The Hall–Kier alpha value is -2.77. The molecule has 0 radical (unpaired) electrons. The number of nitro benzene ring substituents is 1. The van der Waals surface area contributed by atoms with Crippen molar-refractivity contribution in [3.63, 3.8) is 0 Å². The van der Waals surface area contributed by atoms with E-state index in [1.54, 1.807) is 13.0 Å². The summed E-state index contributed by atoms with van der Waals surface area (Å²) in [4.78, 5) is 51.3. The van der Waals surface area contributed by atoms with Crippen molar-refractivity contribution in [2.75, 3.05) is 0 Å². The van der Waals surface area contributed by atoms with E-state index in [4.69, 9.17) is 0 Å². The minimum atomic E-state index is -1.51. The number of nitrogens with zero attached hydrogens (tertiary/aromatic N) is 2. The minimum absolute atomic E-state index is 0.0667. The van der Waals surface area contributed by atoms with Gasteiger partial charge >= 0.3 is 5.97 Å². The number of hydrogen-bond acceptors (Lipinski definition) is 5. The maximum absolute atomic E-state index is 13.7. The Kier molecular flexibility index (Phi) is 5.11. The molecule has 2 saturated carbocycles. The molecule has 2 aliphatic carbocycles. The van der Waals surface area contributed by atoms with Gasteiger partial charge in [0.2, 0.25) is 5.91 Å². The van der Waals surface area contributed by atoms with Gasteiger partial charge in [-0.05, 0) is 31.7 Å². The van der Waals surface area contributed by atoms with Crippen LogP contribution < -0.4 is 0 Å². The van der Waals surface area contributed by atoms with E-state index in [-0.39, 0.29) is 29.7 Å². The first kappa shape index (κ1) is 20.5. The Balaban J connectivity index is 1.86. The Bertz CT molecular complexity index is 909. The second kappa shape index (κ2) is 7.49. The lowest BCUT2D eigenvalue weighted by Crippen LogP contribution is -2.56. The van der Waals surface area contributed by atoms with Crippen LogP contribution in [0.15, 0.2) is 24.3 Å². The van der Waals surface area contributed by atoms with Crippen molar-refractivity contribution >= 4 is 23.3 Å². The number of non-ortho nitro benzene ring substituents is 1. The molecule has 0 bridgehead atoms. The molecule has 4 rings (SSSR count). The normalized spacial score (nSPS) is 31.6. The summed E-state index contributed by atoms with van der Waals surface area (Å²) in [6.07, 6.45) is 4.98. The van der Waals surface area contributed by atoms with Crippen molar-refractivity contribution in [3.8, 4) is 0 Å². The molecule has 0 spiro atoms. The average molecular weight is 414 g/mol. The van der Waals surface area contributed by atoms with Gasteiger partial charge in [0.1, 0.15) is 11.3 Å². The lowest BCUT2D eigenvalue weighted by atomic mass is 9.80. The summed E-state index contributed by atoms with van der Waals surface area (Å²) in [7, 11) is 0. The fourth-order valence-corrected chi connectivity index (χ4v) is 5.88. The predicted molar refractivity (Wildman–Crippen MR) is 107 cm³/mol. The summed E-state index contributed by atoms with van der Waals surface area (Å²) in [6, 6.07) is 5.13. The largest absolute Gasteiger partial charge is 0.479 e. The summed E-state index contributed by atoms with van der Waals surface area (Å²) in [6.45, 7) is 1.55. The number of carboxylic acid groups (broad SMARTS) is 1. The van der Waals surface area contributed by atoms with Crippen LogP contribution >= 0.6 is 0 Å². The van der Waals surface area contributed by atoms with Gasteiger partial charge in [-0.2, -0.15) is 0 Å². The molecule has 3 aliphatic rings. The monoisotopic (exact) mass is 414 g/mol. The van der Waals surface area contributed by atoms with Crippen LogP contribution in [0.1, 0.15) is 63.5 Å². The van der Waals surface area contributed by atoms with Gasteiger partial charge in [-0.15, -0.1) is 0 Å². The highest BCUT2D eigenvalue weighted by molar-refractivity contribution is 5.94. The number of hydrogen-bond donors (Lipinski definition) is 1. The Morgan fingerprint density at radius 3 is 2.53 bits per heavy atom. The molecule has 1 saturated heterocycles. The summed E-state index contributed by atoms with van der Waals surface area (Å²) in [5, 5.41) is 21.5. The third-order valence-electron chi connectivity index (χ3n) is 7.40. The number of carboxylic acids is 1. The van der Waals surface area contributed by atoms with Crippen molar-refractivity contribution in [1.82, 2.24) is 4.90 Å². The van der Waals surface area contributed by atoms with Crippen LogP contribution in [0.2, 0.25) is 0 Å². The van der Waals surface area contributed by atoms with Crippen LogP contribution in [-0.2, 0) is 14.4 Å². The van der Waals surface area contributed by atoms with E-state index >= 15 is 0 Å². The maximum atomic E-state index is 13.7. The first-order chi connectivity index (χ1) is 14.3. The Morgan fingerprint density at radius 2 is 1.90 bits per heavy atom. The number of likely N-dealkylation sites (tertiary alicyclic amines) is 1. The molecule has 4 atom stereocenters. The van der Waals surface area contributed by atoms with Gasteiger partial charge in [-0.3, -0.25) is 19.7 Å². The van der Waals surface area contributed by atoms with Crippen LogP contribution in [0, 0.1) is 27.9 Å². The van der Waals surface area contributed by atoms with E-state index in [9.17, 15) is 29.6 Å². The van der Waals surface area contributed by atoms with Gasteiger partial charge in [-0.25, -0.2) is 4.79 Å². The van der Waals surface area contributed by atoms with E-state index in [0.717, 1.165) is 19.3 Å². The number of fused-ring (bicyclic) bond motifs is 1. The van der Waals surface area contributed by atoms with Crippen LogP contribution in [0.4, 0.5) is 5.69 Å². The second-order valence-electron chi connectivity index (χ2n) is 8.93. The average Bonchev–Trinajstić information content (AvgIpc) is 3.25. The number of rotatable bonds is 4. The van der Waals surface area contributed by atoms with Crippen molar-refractivity contribution < 1.29 is 24.4 Å². The first-order valence-electron chi connectivity index (χ1n) is 10.6. The molecule has 1 amide bonds. The summed E-state index contributed by atoms with van der Waals surface area (Å²) >= 11 is 0. The molecule has 1 heterocycles. The van der Waals surface area contributed by atoms with E-state index in [1.165, 1.54) is 23.1 Å². The van der Waals surface area contributed by atoms with Gasteiger partial charge in [0.05, 0.1) is 11.0 Å². The number of carbonyl (C=O) groups is 3. The van der Waals surface area contributed by atoms with Gasteiger partial charge in [-0.1, -0.05) is 31.4 Å². The smallest absolute Gasteiger partial charge is 0.329 e. The molecule has 160 valence electrons. The Labute approximate surface area is 174 Å². The zero-order valence-electron chi connectivity index (χ0n) is 17.0. The first-order valence-corrected chi connectivity index (χ1v) is 10.6. The van der Waals surface area contributed by atoms with Gasteiger partial charge < -0.3 is 10.0 Å². The van der Waals surface area contributed by atoms with Crippen molar-refractivity contribution in [1.29, 1.82) is 0 Å². The van der Waals surface area contributed by atoms with Crippen molar-refractivity contribution in [3.05, 3.63) is 39.9 Å². The third-order valence-corrected chi connectivity index (χ3v) is 7.40. The van der Waals surface area contributed by atoms with Crippen LogP contribution in [-0.4, -0.2) is 38.1 Å². The highest BCUT2D eigenvalue weighted by Gasteiger charge is 2.66. The van der Waals surface area contributed by atoms with Gasteiger partial charge in [0, 0.05) is 36.3 Å².